The fraction of sp³-hybridized carbons (Fsp3) is 0.500. The van der Waals surface area contributed by atoms with E-state index in [-0.39, 0.29) is 0 Å². The summed E-state index contributed by atoms with van der Waals surface area (Å²) in [6.07, 6.45) is 3.72. The van der Waals surface area contributed by atoms with Gasteiger partial charge in [0.15, 0.2) is 0 Å². The molecular formula is C24H33N3. The molecule has 1 heterocycles. The predicted octanol–water partition coefficient (Wildman–Crippen LogP) is 3.91. The Morgan fingerprint density at radius 3 is 2.44 bits per heavy atom. The summed E-state index contributed by atoms with van der Waals surface area (Å²) in [5, 5.41) is 3.90. The number of nitrogens with one attached hydrogen (secondary N) is 1. The molecule has 2 unspecified atom stereocenters. The third kappa shape index (κ3) is 4.36. The van der Waals surface area contributed by atoms with E-state index in [0.717, 1.165) is 26.2 Å². The number of aryl methyl sites for hydroxylation is 1. The first-order chi connectivity index (χ1) is 13.3. The summed E-state index contributed by atoms with van der Waals surface area (Å²) in [6.45, 7) is 9.22. The molecule has 0 spiro atoms. The summed E-state index contributed by atoms with van der Waals surface area (Å²) in [7, 11) is 0. The number of benzene rings is 2. The van der Waals surface area contributed by atoms with E-state index in [1.165, 1.54) is 38.0 Å². The lowest BCUT2D eigenvalue weighted by molar-refractivity contribution is 0.248. The van der Waals surface area contributed by atoms with Gasteiger partial charge in [-0.3, -0.25) is 4.90 Å². The van der Waals surface area contributed by atoms with Gasteiger partial charge in [-0.05, 0) is 48.4 Å². The van der Waals surface area contributed by atoms with Gasteiger partial charge in [-0.2, -0.15) is 0 Å². The molecule has 27 heavy (non-hydrogen) atoms. The number of para-hydroxylation sites is 1. The second kappa shape index (κ2) is 8.90. The van der Waals surface area contributed by atoms with Crippen molar-refractivity contribution >= 4 is 5.69 Å². The predicted molar refractivity (Wildman–Crippen MR) is 115 cm³/mol. The van der Waals surface area contributed by atoms with Crippen LogP contribution in [0.1, 0.15) is 36.8 Å². The van der Waals surface area contributed by atoms with E-state index >= 15 is 0 Å². The molecule has 0 saturated carbocycles. The van der Waals surface area contributed by atoms with Gasteiger partial charge in [-0.25, -0.2) is 0 Å². The Balaban J connectivity index is 1.24. The molecule has 0 aromatic heterocycles. The monoisotopic (exact) mass is 363 g/mol. The smallest absolute Gasteiger partial charge is 0.0367 e. The number of anilines is 1. The Labute approximate surface area is 164 Å². The molecule has 3 nitrogen and oxygen atoms in total. The molecule has 1 saturated heterocycles. The molecule has 144 valence electrons. The highest BCUT2D eigenvalue weighted by Crippen LogP contribution is 2.33. The summed E-state index contributed by atoms with van der Waals surface area (Å²) in [6, 6.07) is 20.5. The first-order valence-electron chi connectivity index (χ1n) is 10.7. The van der Waals surface area contributed by atoms with Crippen LogP contribution in [0, 0.1) is 0 Å². The number of piperazine rings is 1. The molecule has 3 heteroatoms. The molecule has 0 radical (unpaired) electrons. The van der Waals surface area contributed by atoms with Gasteiger partial charge in [0.1, 0.15) is 0 Å². The Bertz CT molecular complexity index is 707. The number of rotatable bonds is 6. The summed E-state index contributed by atoms with van der Waals surface area (Å²) >= 11 is 0. The van der Waals surface area contributed by atoms with Gasteiger partial charge in [-0.1, -0.05) is 49.4 Å². The SMILES string of the molecule is CCC1c2ccccc2CCC1NCCN1CCN(c2ccccc2)CC1. The lowest BCUT2D eigenvalue weighted by atomic mass is 9.78. The third-order valence-corrected chi connectivity index (χ3v) is 6.43. The molecule has 1 aliphatic carbocycles. The van der Waals surface area contributed by atoms with Gasteiger partial charge >= 0.3 is 0 Å². The van der Waals surface area contributed by atoms with Crippen LogP contribution in [-0.2, 0) is 6.42 Å². The quantitative estimate of drug-likeness (QED) is 0.839. The van der Waals surface area contributed by atoms with E-state index in [9.17, 15) is 0 Å². The fourth-order valence-electron chi connectivity index (χ4n) is 4.88. The van der Waals surface area contributed by atoms with Crippen LogP contribution in [0.5, 0.6) is 0 Å². The van der Waals surface area contributed by atoms with Crippen LogP contribution in [0.4, 0.5) is 5.69 Å². The van der Waals surface area contributed by atoms with Crippen molar-refractivity contribution in [3.8, 4) is 0 Å². The number of fused-ring (bicyclic) bond motifs is 1. The van der Waals surface area contributed by atoms with Crippen LogP contribution < -0.4 is 10.2 Å². The Morgan fingerprint density at radius 1 is 0.926 bits per heavy atom. The van der Waals surface area contributed by atoms with Gasteiger partial charge in [0.25, 0.3) is 0 Å². The first kappa shape index (κ1) is 18.5. The van der Waals surface area contributed by atoms with Crippen LogP contribution in [0.15, 0.2) is 54.6 Å². The Morgan fingerprint density at radius 2 is 1.67 bits per heavy atom. The van der Waals surface area contributed by atoms with E-state index in [4.69, 9.17) is 0 Å². The normalized spacial score (nSPS) is 23.2. The highest BCUT2D eigenvalue weighted by Gasteiger charge is 2.27. The Hall–Kier alpha value is -1.84. The van der Waals surface area contributed by atoms with Gasteiger partial charge < -0.3 is 10.2 Å². The van der Waals surface area contributed by atoms with Crippen LogP contribution in [0.2, 0.25) is 0 Å². The maximum Gasteiger partial charge on any atom is 0.0367 e. The summed E-state index contributed by atoms with van der Waals surface area (Å²) in [5.74, 6) is 0.671. The van der Waals surface area contributed by atoms with E-state index in [0.29, 0.717) is 12.0 Å². The van der Waals surface area contributed by atoms with E-state index in [2.05, 4.69) is 76.6 Å². The lowest BCUT2D eigenvalue weighted by Gasteiger charge is -2.37. The molecule has 1 N–H and O–H groups in total. The highest BCUT2D eigenvalue weighted by atomic mass is 15.3. The molecule has 1 fully saturated rings. The zero-order valence-corrected chi connectivity index (χ0v) is 16.6. The average molecular weight is 364 g/mol. The zero-order valence-electron chi connectivity index (χ0n) is 16.6. The minimum Gasteiger partial charge on any atom is -0.369 e. The van der Waals surface area contributed by atoms with Crippen LogP contribution in [0.25, 0.3) is 0 Å². The summed E-state index contributed by atoms with van der Waals surface area (Å²) in [4.78, 5) is 5.12. The molecule has 2 aromatic carbocycles. The molecule has 4 rings (SSSR count). The number of nitrogens with zero attached hydrogens (tertiary/aromatic N) is 2. The van der Waals surface area contributed by atoms with Gasteiger partial charge in [-0.15, -0.1) is 0 Å². The molecular weight excluding hydrogens is 330 g/mol. The maximum atomic E-state index is 3.90. The maximum absolute atomic E-state index is 3.90. The van der Waals surface area contributed by atoms with Gasteiger partial charge in [0.05, 0.1) is 0 Å². The van der Waals surface area contributed by atoms with Crippen molar-refractivity contribution in [2.75, 3.05) is 44.2 Å². The van der Waals surface area contributed by atoms with Crippen LogP contribution in [-0.4, -0.2) is 50.2 Å². The van der Waals surface area contributed by atoms with Gasteiger partial charge in [0.2, 0.25) is 0 Å². The van der Waals surface area contributed by atoms with Gasteiger partial charge in [0, 0.05) is 51.0 Å². The average Bonchev–Trinajstić information content (AvgIpc) is 2.74. The Kier molecular flexibility index (Phi) is 6.10. The lowest BCUT2D eigenvalue weighted by Crippen LogP contribution is -2.49. The van der Waals surface area contributed by atoms with E-state index in [1.807, 2.05) is 0 Å². The molecule has 2 aliphatic rings. The van der Waals surface area contributed by atoms with Crippen molar-refractivity contribution in [3.63, 3.8) is 0 Å². The largest absolute Gasteiger partial charge is 0.369 e. The van der Waals surface area contributed by atoms with Crippen molar-refractivity contribution in [3.05, 3.63) is 65.7 Å². The zero-order chi connectivity index (χ0) is 18.5. The third-order valence-electron chi connectivity index (χ3n) is 6.43. The van der Waals surface area contributed by atoms with Crippen molar-refractivity contribution in [2.45, 2.75) is 38.1 Å². The fourth-order valence-corrected chi connectivity index (χ4v) is 4.88. The van der Waals surface area contributed by atoms with E-state index < -0.39 is 0 Å². The van der Waals surface area contributed by atoms with Crippen LogP contribution in [0.3, 0.4) is 0 Å². The minimum atomic E-state index is 0.635. The van der Waals surface area contributed by atoms with Crippen molar-refractivity contribution in [2.24, 2.45) is 0 Å². The topological polar surface area (TPSA) is 18.5 Å². The summed E-state index contributed by atoms with van der Waals surface area (Å²) < 4.78 is 0. The second-order valence-corrected chi connectivity index (χ2v) is 7.98. The standard InChI is InChI=1S/C24H33N3/c1-2-22-23-11-7-6-8-20(23)12-13-24(22)25-14-15-26-16-18-27(19-17-26)21-9-4-3-5-10-21/h3-11,22,24-25H,2,12-19H2,1H3. The molecule has 2 atom stereocenters. The van der Waals surface area contributed by atoms with E-state index in [1.54, 1.807) is 11.1 Å². The minimum absolute atomic E-state index is 0.635. The first-order valence-corrected chi connectivity index (χ1v) is 10.7. The molecule has 0 bridgehead atoms. The number of hydrogen-bond acceptors (Lipinski definition) is 3. The van der Waals surface area contributed by atoms with Crippen molar-refractivity contribution < 1.29 is 0 Å². The molecule has 2 aromatic rings. The highest BCUT2D eigenvalue weighted by molar-refractivity contribution is 5.46. The van der Waals surface area contributed by atoms with Crippen molar-refractivity contribution in [1.82, 2.24) is 10.2 Å². The summed E-state index contributed by atoms with van der Waals surface area (Å²) in [5.41, 5.74) is 4.52. The molecule has 1 aliphatic heterocycles. The number of hydrogen-bond donors (Lipinski definition) is 1. The van der Waals surface area contributed by atoms with Crippen LogP contribution >= 0.6 is 0 Å². The molecule has 0 amide bonds. The van der Waals surface area contributed by atoms with Crippen molar-refractivity contribution in [1.29, 1.82) is 0 Å². The second-order valence-electron chi connectivity index (χ2n) is 7.98.